The van der Waals surface area contributed by atoms with Gasteiger partial charge in [0.2, 0.25) is 5.91 Å². The maximum atomic E-state index is 12.6. The standard InChI is InChI=1S/C17H32N2O/c1-12(2)14-8-5-6-10-16(14)19-17(20)15-9-4-3-7-13(15)11-18/h12-16H,3-11,18H2,1-2H3,(H,19,20). The summed E-state index contributed by atoms with van der Waals surface area (Å²) in [4.78, 5) is 12.6. The summed E-state index contributed by atoms with van der Waals surface area (Å²) in [7, 11) is 0. The van der Waals surface area contributed by atoms with Crippen LogP contribution in [0.1, 0.15) is 65.2 Å². The van der Waals surface area contributed by atoms with Crippen molar-refractivity contribution < 1.29 is 4.79 Å². The Kier molecular flexibility index (Phi) is 5.88. The van der Waals surface area contributed by atoms with Gasteiger partial charge in [0.25, 0.3) is 0 Å². The zero-order valence-corrected chi connectivity index (χ0v) is 13.2. The molecule has 2 saturated carbocycles. The third kappa shape index (κ3) is 3.75. The first-order valence-corrected chi connectivity index (χ1v) is 8.64. The molecule has 2 fully saturated rings. The van der Waals surface area contributed by atoms with E-state index in [1.165, 1.54) is 32.1 Å². The van der Waals surface area contributed by atoms with Gasteiger partial charge in [-0.05, 0) is 50.0 Å². The summed E-state index contributed by atoms with van der Waals surface area (Å²) in [5.41, 5.74) is 5.86. The monoisotopic (exact) mass is 280 g/mol. The van der Waals surface area contributed by atoms with Crippen molar-refractivity contribution in [2.24, 2.45) is 29.4 Å². The van der Waals surface area contributed by atoms with E-state index in [2.05, 4.69) is 19.2 Å². The normalized spacial score (nSPS) is 35.0. The second-order valence-corrected chi connectivity index (χ2v) is 7.19. The van der Waals surface area contributed by atoms with Crippen LogP contribution in [0.3, 0.4) is 0 Å². The lowest BCUT2D eigenvalue weighted by molar-refractivity contribution is -0.129. The van der Waals surface area contributed by atoms with Gasteiger partial charge in [0, 0.05) is 12.0 Å². The lowest BCUT2D eigenvalue weighted by Gasteiger charge is -2.37. The fourth-order valence-electron chi connectivity index (χ4n) is 4.26. The van der Waals surface area contributed by atoms with Gasteiger partial charge in [-0.2, -0.15) is 0 Å². The Labute approximate surface area is 124 Å². The summed E-state index contributed by atoms with van der Waals surface area (Å²) < 4.78 is 0. The summed E-state index contributed by atoms with van der Waals surface area (Å²) in [6, 6.07) is 0.400. The number of carbonyl (C=O) groups is 1. The molecule has 3 heteroatoms. The molecule has 2 aliphatic carbocycles. The molecule has 3 nitrogen and oxygen atoms in total. The number of carbonyl (C=O) groups excluding carboxylic acids is 1. The van der Waals surface area contributed by atoms with Gasteiger partial charge in [0.1, 0.15) is 0 Å². The maximum absolute atomic E-state index is 12.6. The number of rotatable bonds is 4. The van der Waals surface area contributed by atoms with Crippen molar-refractivity contribution in [2.45, 2.75) is 71.3 Å². The van der Waals surface area contributed by atoms with Crippen molar-refractivity contribution in [3.05, 3.63) is 0 Å². The van der Waals surface area contributed by atoms with Crippen LogP contribution in [0.4, 0.5) is 0 Å². The Hall–Kier alpha value is -0.570. The summed E-state index contributed by atoms with van der Waals surface area (Å²) in [5, 5.41) is 3.39. The number of nitrogens with one attached hydrogen (secondary N) is 1. The molecule has 0 aromatic carbocycles. The van der Waals surface area contributed by atoms with Gasteiger partial charge in [-0.25, -0.2) is 0 Å². The molecule has 0 heterocycles. The quantitative estimate of drug-likeness (QED) is 0.831. The first-order valence-electron chi connectivity index (χ1n) is 8.64. The SMILES string of the molecule is CC(C)C1CCCCC1NC(=O)C1CCCCC1CN. The van der Waals surface area contributed by atoms with Crippen molar-refractivity contribution in [2.75, 3.05) is 6.54 Å². The summed E-state index contributed by atoms with van der Waals surface area (Å²) in [6.45, 7) is 5.24. The number of amides is 1. The molecule has 0 bridgehead atoms. The molecule has 3 N–H and O–H groups in total. The van der Waals surface area contributed by atoms with Crippen molar-refractivity contribution in [3.63, 3.8) is 0 Å². The van der Waals surface area contributed by atoms with E-state index >= 15 is 0 Å². The van der Waals surface area contributed by atoms with Crippen molar-refractivity contribution in [1.82, 2.24) is 5.32 Å². The molecule has 2 rings (SSSR count). The molecule has 0 saturated heterocycles. The fourth-order valence-corrected chi connectivity index (χ4v) is 4.26. The first kappa shape index (κ1) is 15.8. The van der Waals surface area contributed by atoms with Crippen LogP contribution >= 0.6 is 0 Å². The summed E-state index contributed by atoms with van der Waals surface area (Å²) in [5.74, 6) is 2.19. The number of hydrogen-bond acceptors (Lipinski definition) is 2. The zero-order chi connectivity index (χ0) is 14.5. The lowest BCUT2D eigenvalue weighted by Crippen LogP contribution is -2.48. The van der Waals surface area contributed by atoms with E-state index in [0.29, 0.717) is 30.3 Å². The van der Waals surface area contributed by atoms with Crippen LogP contribution in [0.2, 0.25) is 0 Å². The van der Waals surface area contributed by atoms with Gasteiger partial charge in [0.05, 0.1) is 0 Å². The highest BCUT2D eigenvalue weighted by molar-refractivity contribution is 5.79. The Morgan fingerprint density at radius 1 is 1.10 bits per heavy atom. The van der Waals surface area contributed by atoms with Gasteiger partial charge in [-0.1, -0.05) is 39.5 Å². The Morgan fingerprint density at radius 3 is 2.45 bits per heavy atom. The highest BCUT2D eigenvalue weighted by Gasteiger charge is 2.34. The second kappa shape index (κ2) is 7.44. The molecule has 0 radical (unpaired) electrons. The maximum Gasteiger partial charge on any atom is 0.223 e. The predicted molar refractivity (Wildman–Crippen MR) is 83.2 cm³/mol. The summed E-state index contributed by atoms with van der Waals surface area (Å²) in [6.07, 6.45) is 9.61. The van der Waals surface area contributed by atoms with Crippen LogP contribution < -0.4 is 11.1 Å². The van der Waals surface area contributed by atoms with Gasteiger partial charge in [-0.15, -0.1) is 0 Å². The van der Waals surface area contributed by atoms with Gasteiger partial charge < -0.3 is 11.1 Å². The van der Waals surface area contributed by atoms with Crippen LogP contribution in [0.25, 0.3) is 0 Å². The molecule has 0 spiro atoms. The van der Waals surface area contributed by atoms with Crippen LogP contribution in [0, 0.1) is 23.7 Å². The molecule has 20 heavy (non-hydrogen) atoms. The lowest BCUT2D eigenvalue weighted by atomic mass is 9.76. The largest absolute Gasteiger partial charge is 0.353 e. The molecule has 2 aliphatic rings. The van der Waals surface area contributed by atoms with Crippen molar-refractivity contribution in [1.29, 1.82) is 0 Å². The molecule has 4 atom stereocenters. The fraction of sp³-hybridized carbons (Fsp3) is 0.941. The second-order valence-electron chi connectivity index (χ2n) is 7.19. The van der Waals surface area contributed by atoms with E-state index in [0.717, 1.165) is 19.3 Å². The molecule has 0 aromatic rings. The molecule has 4 unspecified atom stereocenters. The summed E-state index contributed by atoms with van der Waals surface area (Å²) >= 11 is 0. The van der Waals surface area contributed by atoms with Gasteiger partial charge >= 0.3 is 0 Å². The third-order valence-corrected chi connectivity index (χ3v) is 5.55. The predicted octanol–water partition coefficient (Wildman–Crippen LogP) is 3.08. The highest BCUT2D eigenvalue weighted by Crippen LogP contribution is 2.33. The van der Waals surface area contributed by atoms with Crippen molar-refractivity contribution in [3.8, 4) is 0 Å². The Balaban J connectivity index is 1.94. The minimum absolute atomic E-state index is 0.170. The van der Waals surface area contributed by atoms with E-state index < -0.39 is 0 Å². The number of nitrogens with two attached hydrogens (primary N) is 1. The van der Waals surface area contributed by atoms with E-state index in [1.807, 2.05) is 0 Å². The van der Waals surface area contributed by atoms with E-state index in [-0.39, 0.29) is 11.8 Å². The molecular weight excluding hydrogens is 248 g/mol. The first-order chi connectivity index (χ1) is 9.63. The average Bonchev–Trinajstić information content (AvgIpc) is 2.47. The van der Waals surface area contributed by atoms with Gasteiger partial charge in [-0.3, -0.25) is 4.79 Å². The average molecular weight is 280 g/mol. The van der Waals surface area contributed by atoms with E-state index in [4.69, 9.17) is 5.73 Å². The smallest absolute Gasteiger partial charge is 0.223 e. The van der Waals surface area contributed by atoms with E-state index in [1.54, 1.807) is 0 Å². The third-order valence-electron chi connectivity index (χ3n) is 5.55. The van der Waals surface area contributed by atoms with Crippen LogP contribution in [-0.2, 0) is 4.79 Å². The van der Waals surface area contributed by atoms with E-state index in [9.17, 15) is 4.79 Å². The van der Waals surface area contributed by atoms with Crippen LogP contribution in [0.5, 0.6) is 0 Å². The molecule has 0 aliphatic heterocycles. The minimum atomic E-state index is 0.170. The molecule has 116 valence electrons. The topological polar surface area (TPSA) is 55.1 Å². The van der Waals surface area contributed by atoms with Crippen LogP contribution in [0.15, 0.2) is 0 Å². The Morgan fingerprint density at radius 2 is 1.75 bits per heavy atom. The highest BCUT2D eigenvalue weighted by atomic mass is 16.2. The zero-order valence-electron chi connectivity index (χ0n) is 13.2. The van der Waals surface area contributed by atoms with Crippen molar-refractivity contribution >= 4 is 5.91 Å². The van der Waals surface area contributed by atoms with Crippen LogP contribution in [-0.4, -0.2) is 18.5 Å². The minimum Gasteiger partial charge on any atom is -0.353 e. The number of hydrogen-bond donors (Lipinski definition) is 2. The Bertz CT molecular complexity index is 316. The molecule has 0 aromatic heterocycles. The van der Waals surface area contributed by atoms with Gasteiger partial charge in [0.15, 0.2) is 0 Å². The molecular formula is C17H32N2O. The molecule has 1 amide bonds.